The number of aryl methyl sites for hydroxylation is 1. The van der Waals surface area contributed by atoms with Crippen LogP contribution in [0.1, 0.15) is 18.3 Å². The molecule has 0 amide bonds. The van der Waals surface area contributed by atoms with E-state index < -0.39 is 5.79 Å². The highest BCUT2D eigenvalue weighted by Gasteiger charge is 2.45. The highest BCUT2D eigenvalue weighted by molar-refractivity contribution is 7.98. The number of hydrogen-bond acceptors (Lipinski definition) is 9. The summed E-state index contributed by atoms with van der Waals surface area (Å²) in [6, 6.07) is 22.2. The number of anilines is 2. The fourth-order valence-corrected chi connectivity index (χ4v) is 7.10. The van der Waals surface area contributed by atoms with Gasteiger partial charge in [-0.05, 0) is 66.9 Å². The Bertz CT molecular complexity index is 1810. The number of nitrogens with zero attached hydrogens (tertiary/aromatic N) is 7. The smallest absolute Gasteiger partial charge is 0.215 e. The first-order chi connectivity index (χ1) is 23.4. The van der Waals surface area contributed by atoms with Gasteiger partial charge in [0.15, 0.2) is 0 Å². The normalized spacial score (nSPS) is 19.6. The third kappa shape index (κ3) is 7.02. The van der Waals surface area contributed by atoms with E-state index in [-0.39, 0.29) is 6.10 Å². The Labute approximate surface area is 294 Å². The number of piperazine rings is 1. The number of benzene rings is 3. The molecule has 0 aliphatic carbocycles. The van der Waals surface area contributed by atoms with Crippen molar-refractivity contribution in [3.63, 3.8) is 0 Å². The lowest BCUT2D eigenvalue weighted by Crippen LogP contribution is -2.46. The number of imidazole rings is 1. The van der Waals surface area contributed by atoms with Crippen LogP contribution >= 0.6 is 35.0 Å². The summed E-state index contributed by atoms with van der Waals surface area (Å²) in [5.74, 6) is 0.667. The van der Waals surface area contributed by atoms with Crippen molar-refractivity contribution < 1.29 is 14.2 Å². The topological polar surface area (TPSA) is 82.7 Å². The van der Waals surface area contributed by atoms with E-state index in [1.165, 1.54) is 11.4 Å². The lowest BCUT2D eigenvalue weighted by atomic mass is 10.1. The van der Waals surface area contributed by atoms with E-state index in [9.17, 15) is 0 Å². The molecule has 2 fully saturated rings. The molecule has 3 aromatic carbocycles. The second kappa shape index (κ2) is 14.4. The fraction of sp³-hybridized carbons (Fsp3) is 0.343. The zero-order valence-electron chi connectivity index (χ0n) is 26.8. The maximum Gasteiger partial charge on any atom is 0.215 e. The Morgan fingerprint density at radius 3 is 2.25 bits per heavy atom. The van der Waals surface area contributed by atoms with Gasteiger partial charge in [-0.25, -0.2) is 14.6 Å². The molecule has 2 aliphatic rings. The highest BCUT2D eigenvalue weighted by atomic mass is 35.5. The minimum Gasteiger partial charge on any atom is -0.491 e. The molecular formula is C35H37Cl2N7O3S. The molecule has 0 radical (unpaired) electrons. The van der Waals surface area contributed by atoms with Gasteiger partial charge in [0.1, 0.15) is 24.3 Å². The van der Waals surface area contributed by atoms with Crippen LogP contribution in [0.15, 0.2) is 90.6 Å². The average molecular weight is 707 g/mol. The van der Waals surface area contributed by atoms with Crippen LogP contribution in [0.4, 0.5) is 11.4 Å². The summed E-state index contributed by atoms with van der Waals surface area (Å²) in [6.45, 7) is 6.93. The van der Waals surface area contributed by atoms with Crippen molar-refractivity contribution in [2.45, 2.75) is 36.9 Å². The first-order valence-electron chi connectivity index (χ1n) is 16.0. The lowest BCUT2D eigenvalue weighted by molar-refractivity contribution is -0.189. The van der Waals surface area contributed by atoms with Crippen LogP contribution in [-0.4, -0.2) is 76.1 Å². The SMILES string of the molecule is CCc1nc(SC)nn1-c1ccc(N2CCN(c3ccc(OCC4COC(Cn5ccnc5)(c5ccc(Cl)cc5Cl)O4)cc3)CC2)cc1. The van der Waals surface area contributed by atoms with Gasteiger partial charge in [-0.3, -0.25) is 0 Å². The van der Waals surface area contributed by atoms with Crippen LogP contribution in [-0.2, 0) is 28.2 Å². The van der Waals surface area contributed by atoms with E-state index in [1.807, 2.05) is 39.9 Å². The van der Waals surface area contributed by atoms with Gasteiger partial charge in [0, 0.05) is 67.0 Å². The molecule has 0 N–H and O–H groups in total. The zero-order chi connectivity index (χ0) is 33.1. The molecule has 2 aromatic heterocycles. The summed E-state index contributed by atoms with van der Waals surface area (Å²) in [4.78, 5) is 13.6. The number of ether oxygens (including phenoxy) is 3. The molecule has 4 heterocycles. The number of rotatable bonds is 11. The molecule has 13 heteroatoms. The van der Waals surface area contributed by atoms with Gasteiger partial charge in [-0.2, -0.15) is 0 Å². The Morgan fingerprint density at radius 2 is 1.62 bits per heavy atom. The molecule has 0 spiro atoms. The van der Waals surface area contributed by atoms with Crippen LogP contribution in [0.2, 0.25) is 10.0 Å². The Balaban J connectivity index is 0.929. The summed E-state index contributed by atoms with van der Waals surface area (Å²) in [6.07, 6.45) is 7.86. The molecule has 2 saturated heterocycles. The van der Waals surface area contributed by atoms with Crippen molar-refractivity contribution in [1.29, 1.82) is 0 Å². The van der Waals surface area contributed by atoms with Gasteiger partial charge in [0.2, 0.25) is 10.9 Å². The van der Waals surface area contributed by atoms with E-state index in [4.69, 9.17) is 37.4 Å². The van der Waals surface area contributed by atoms with Crippen molar-refractivity contribution in [3.8, 4) is 11.4 Å². The first-order valence-corrected chi connectivity index (χ1v) is 18.0. The van der Waals surface area contributed by atoms with Gasteiger partial charge >= 0.3 is 0 Å². The lowest BCUT2D eigenvalue weighted by Gasteiger charge is -2.37. The molecule has 2 unspecified atom stereocenters. The Kier molecular flexibility index (Phi) is 9.83. The van der Waals surface area contributed by atoms with Gasteiger partial charge < -0.3 is 28.6 Å². The number of aromatic nitrogens is 5. The van der Waals surface area contributed by atoms with Crippen LogP contribution < -0.4 is 14.5 Å². The summed E-state index contributed by atoms with van der Waals surface area (Å²) in [5, 5.41) is 6.48. The molecule has 10 nitrogen and oxygen atoms in total. The zero-order valence-corrected chi connectivity index (χ0v) is 29.2. The van der Waals surface area contributed by atoms with Crippen molar-refractivity contribution >= 4 is 46.3 Å². The second-order valence-corrected chi connectivity index (χ2v) is 13.4. The predicted molar refractivity (Wildman–Crippen MR) is 190 cm³/mol. The van der Waals surface area contributed by atoms with Crippen LogP contribution in [0.25, 0.3) is 5.69 Å². The van der Waals surface area contributed by atoms with Gasteiger partial charge in [-0.15, -0.1) is 5.10 Å². The molecule has 2 atom stereocenters. The van der Waals surface area contributed by atoms with E-state index in [0.717, 1.165) is 55.0 Å². The maximum absolute atomic E-state index is 6.61. The van der Waals surface area contributed by atoms with Gasteiger partial charge in [-0.1, -0.05) is 48.0 Å². The van der Waals surface area contributed by atoms with Crippen LogP contribution in [0.5, 0.6) is 5.75 Å². The number of hydrogen-bond donors (Lipinski definition) is 0. The largest absolute Gasteiger partial charge is 0.491 e. The third-order valence-electron chi connectivity index (χ3n) is 8.68. The first kappa shape index (κ1) is 32.8. The van der Waals surface area contributed by atoms with Crippen molar-refractivity contribution in [2.24, 2.45) is 0 Å². The molecule has 5 aromatic rings. The standard InChI is InChI=1S/C35H37Cl2N7O3S/c1-3-33-39-34(48-2)40-44(33)28-7-5-26(6-8-28)42-16-18-43(19-17-42)27-9-11-29(12-10-27)45-21-30-22-46-35(47-30,23-41-15-14-38-24-41)31-13-4-25(36)20-32(31)37/h4-15,20,24,30H,3,16-19,21-23H2,1-2H3. The molecule has 7 rings (SSSR count). The number of thioether (sulfide) groups is 1. The monoisotopic (exact) mass is 705 g/mol. The third-order valence-corrected chi connectivity index (χ3v) is 9.77. The summed E-state index contributed by atoms with van der Waals surface area (Å²) < 4.78 is 22.8. The van der Waals surface area contributed by atoms with Crippen LogP contribution in [0.3, 0.4) is 0 Å². The predicted octanol–water partition coefficient (Wildman–Crippen LogP) is 6.73. The van der Waals surface area contributed by atoms with Gasteiger partial charge in [0.25, 0.3) is 0 Å². The molecule has 2 aliphatic heterocycles. The number of halogens is 2. The Hall–Kier alpha value is -3.74. The molecular weight excluding hydrogens is 669 g/mol. The average Bonchev–Trinajstić information content (AvgIpc) is 3.89. The minimum atomic E-state index is -1.09. The second-order valence-electron chi connectivity index (χ2n) is 11.7. The summed E-state index contributed by atoms with van der Waals surface area (Å²) in [7, 11) is 0. The van der Waals surface area contributed by atoms with E-state index in [1.54, 1.807) is 36.4 Å². The molecule has 48 heavy (non-hydrogen) atoms. The molecule has 250 valence electrons. The molecule has 0 saturated carbocycles. The maximum atomic E-state index is 6.61. The quantitative estimate of drug-likeness (QED) is 0.139. The van der Waals surface area contributed by atoms with Crippen molar-refractivity contribution in [2.75, 3.05) is 55.4 Å². The van der Waals surface area contributed by atoms with Crippen LogP contribution in [0, 0.1) is 0 Å². The van der Waals surface area contributed by atoms with Crippen molar-refractivity contribution in [1.82, 2.24) is 24.3 Å². The minimum absolute atomic E-state index is 0.292. The van der Waals surface area contributed by atoms with E-state index in [0.29, 0.717) is 35.4 Å². The Morgan fingerprint density at radius 1 is 0.938 bits per heavy atom. The fourth-order valence-electron chi connectivity index (χ4n) is 6.19. The summed E-state index contributed by atoms with van der Waals surface area (Å²) in [5.41, 5.74) is 4.15. The van der Waals surface area contributed by atoms with E-state index in [2.05, 4.69) is 68.2 Å². The molecule has 0 bridgehead atoms. The van der Waals surface area contributed by atoms with Crippen molar-refractivity contribution in [3.05, 3.63) is 107 Å². The summed E-state index contributed by atoms with van der Waals surface area (Å²) >= 11 is 14.3. The van der Waals surface area contributed by atoms with E-state index >= 15 is 0 Å². The highest BCUT2D eigenvalue weighted by Crippen LogP contribution is 2.40. The van der Waals surface area contributed by atoms with Gasteiger partial charge in [0.05, 0.1) is 30.2 Å².